The zero-order valence-electron chi connectivity index (χ0n) is 23.1. The normalized spacial score (nSPS) is 22.9. The number of hydrogen-bond acceptors (Lipinski definition) is 9. The second-order valence-corrected chi connectivity index (χ2v) is 9.67. The number of amides is 2. The van der Waals surface area contributed by atoms with Crippen LogP contribution >= 0.6 is 0 Å². The molecule has 0 saturated carbocycles. The van der Waals surface area contributed by atoms with Gasteiger partial charge in [0.1, 0.15) is 18.0 Å². The molecule has 2 aliphatic rings. The van der Waals surface area contributed by atoms with E-state index in [1.54, 1.807) is 13.0 Å². The van der Waals surface area contributed by atoms with Gasteiger partial charge in [-0.2, -0.15) is 0 Å². The van der Waals surface area contributed by atoms with Crippen molar-refractivity contribution < 1.29 is 43.2 Å². The zero-order valence-corrected chi connectivity index (χ0v) is 23.1. The van der Waals surface area contributed by atoms with Crippen LogP contribution in [0.25, 0.3) is 0 Å². The molecule has 2 aliphatic heterocycles. The summed E-state index contributed by atoms with van der Waals surface area (Å²) in [6, 6.07) is 18.2. The Kier molecular flexibility index (Phi) is 10.8. The van der Waals surface area contributed by atoms with Gasteiger partial charge in [-0.25, -0.2) is 9.69 Å². The monoisotopic (exact) mass is 565 g/mol. The van der Waals surface area contributed by atoms with E-state index in [1.165, 1.54) is 19.3 Å². The molecule has 2 amide bonds. The van der Waals surface area contributed by atoms with Crippen molar-refractivity contribution in [2.75, 3.05) is 26.9 Å². The average Bonchev–Trinajstić information content (AvgIpc) is 3.30. The molecule has 2 aromatic carbocycles. The highest BCUT2D eigenvalue weighted by Gasteiger charge is 2.48. The van der Waals surface area contributed by atoms with E-state index >= 15 is 0 Å². The molecule has 5 unspecified atom stereocenters. The van der Waals surface area contributed by atoms with Crippen molar-refractivity contribution in [2.24, 2.45) is 0 Å². The fourth-order valence-electron chi connectivity index (χ4n) is 4.61. The Balaban J connectivity index is 1.30. The Bertz CT molecular complexity index is 1230. The maximum absolute atomic E-state index is 13.4. The van der Waals surface area contributed by atoms with Gasteiger partial charge < -0.3 is 28.8 Å². The van der Waals surface area contributed by atoms with Crippen LogP contribution in [-0.2, 0) is 39.9 Å². The quantitative estimate of drug-likeness (QED) is 0.364. The van der Waals surface area contributed by atoms with Crippen LogP contribution in [0, 0.1) is 0 Å². The Hall–Kier alpha value is -3.83. The Morgan fingerprint density at radius 2 is 1.76 bits per heavy atom. The van der Waals surface area contributed by atoms with E-state index in [9.17, 15) is 19.5 Å². The van der Waals surface area contributed by atoms with Gasteiger partial charge in [0.05, 0.1) is 32.5 Å². The number of rotatable bonds is 13. The number of ketones is 1. The number of cyclic esters (lactones) is 1. The first-order chi connectivity index (χ1) is 19.9. The molecule has 218 valence electrons. The van der Waals surface area contributed by atoms with Gasteiger partial charge in [-0.15, -0.1) is 0 Å². The maximum atomic E-state index is 13.4. The van der Waals surface area contributed by atoms with Gasteiger partial charge in [0.15, 0.2) is 18.0 Å². The fourth-order valence-corrected chi connectivity index (χ4v) is 4.61. The summed E-state index contributed by atoms with van der Waals surface area (Å²) < 4.78 is 28.1. The highest BCUT2D eigenvalue weighted by atomic mass is 16.6. The molecular formula is C31H35NO9. The summed E-state index contributed by atoms with van der Waals surface area (Å²) in [4.78, 5) is 39.8. The number of imide groups is 1. The third-order valence-electron chi connectivity index (χ3n) is 6.81. The van der Waals surface area contributed by atoms with Crippen molar-refractivity contribution in [3.63, 3.8) is 0 Å². The molecule has 1 saturated heterocycles. The number of aliphatic hydroxyl groups excluding tert-OH is 1. The van der Waals surface area contributed by atoms with Crippen LogP contribution in [0.5, 0.6) is 0 Å². The Morgan fingerprint density at radius 3 is 2.44 bits per heavy atom. The molecule has 0 bridgehead atoms. The van der Waals surface area contributed by atoms with Gasteiger partial charge in [-0.3, -0.25) is 9.59 Å². The molecule has 0 aliphatic carbocycles. The van der Waals surface area contributed by atoms with Crippen molar-refractivity contribution >= 4 is 17.8 Å². The first-order valence-corrected chi connectivity index (χ1v) is 13.5. The van der Waals surface area contributed by atoms with E-state index in [4.69, 9.17) is 23.7 Å². The number of benzene rings is 2. The van der Waals surface area contributed by atoms with Crippen molar-refractivity contribution in [1.82, 2.24) is 4.90 Å². The van der Waals surface area contributed by atoms with Gasteiger partial charge in [-0.05, 0) is 42.7 Å². The van der Waals surface area contributed by atoms with Crippen LogP contribution in [0.15, 0.2) is 84.7 Å². The predicted molar refractivity (Wildman–Crippen MR) is 147 cm³/mol. The number of allylic oxidation sites excluding steroid dienone is 1. The van der Waals surface area contributed by atoms with Crippen LogP contribution < -0.4 is 0 Å². The van der Waals surface area contributed by atoms with E-state index in [0.717, 1.165) is 16.0 Å². The van der Waals surface area contributed by atoms with Crippen molar-refractivity contribution in [3.8, 4) is 0 Å². The van der Waals surface area contributed by atoms with Crippen molar-refractivity contribution in [3.05, 3.63) is 95.8 Å². The lowest BCUT2D eigenvalue weighted by Crippen LogP contribution is -2.52. The predicted octanol–water partition coefficient (Wildman–Crippen LogP) is 3.50. The van der Waals surface area contributed by atoms with Crippen LogP contribution in [0.2, 0.25) is 0 Å². The lowest BCUT2D eigenvalue weighted by atomic mass is 10.0. The summed E-state index contributed by atoms with van der Waals surface area (Å²) in [5.41, 5.74) is 1.76. The number of carbonyl (C=O) groups is 3. The van der Waals surface area contributed by atoms with Crippen molar-refractivity contribution in [2.45, 2.75) is 50.4 Å². The largest absolute Gasteiger partial charge is 0.479 e. The first kappa shape index (κ1) is 30.1. The third-order valence-corrected chi connectivity index (χ3v) is 6.81. The van der Waals surface area contributed by atoms with Gasteiger partial charge in [0, 0.05) is 7.11 Å². The second-order valence-electron chi connectivity index (χ2n) is 9.67. The topological polar surface area (TPSA) is 121 Å². The van der Waals surface area contributed by atoms with E-state index in [-0.39, 0.29) is 13.2 Å². The average molecular weight is 566 g/mol. The lowest BCUT2D eigenvalue weighted by molar-refractivity contribution is -0.153. The molecule has 5 atom stereocenters. The smallest absolute Gasteiger partial charge is 0.417 e. The summed E-state index contributed by atoms with van der Waals surface area (Å²) in [7, 11) is 1.28. The van der Waals surface area contributed by atoms with Crippen LogP contribution in [0.3, 0.4) is 0 Å². The molecule has 10 nitrogen and oxygen atoms in total. The van der Waals surface area contributed by atoms with Gasteiger partial charge in [-0.1, -0.05) is 60.7 Å². The number of hydrogen-bond donors (Lipinski definition) is 1. The minimum absolute atomic E-state index is 0.175. The Labute approximate surface area is 239 Å². The molecular weight excluding hydrogens is 530 g/mol. The van der Waals surface area contributed by atoms with Crippen LogP contribution in [-0.4, -0.2) is 79.1 Å². The molecule has 2 aromatic rings. The van der Waals surface area contributed by atoms with Crippen molar-refractivity contribution in [1.29, 1.82) is 0 Å². The molecule has 0 spiro atoms. The number of aliphatic hydroxyl groups is 1. The summed E-state index contributed by atoms with van der Waals surface area (Å²) in [5, 5.41) is 9.57. The van der Waals surface area contributed by atoms with E-state index in [2.05, 4.69) is 0 Å². The fraction of sp³-hybridized carbons (Fsp3) is 0.387. The van der Waals surface area contributed by atoms with Gasteiger partial charge in [0.2, 0.25) is 0 Å². The second kappa shape index (κ2) is 14.7. The molecule has 0 aromatic heterocycles. The summed E-state index contributed by atoms with van der Waals surface area (Å²) in [6.45, 7) is 2.42. The molecule has 1 N–H and O–H groups in total. The van der Waals surface area contributed by atoms with E-state index in [0.29, 0.717) is 25.4 Å². The third kappa shape index (κ3) is 7.68. The molecule has 2 heterocycles. The first-order valence-electron chi connectivity index (χ1n) is 13.5. The molecule has 41 heavy (non-hydrogen) atoms. The maximum Gasteiger partial charge on any atom is 0.417 e. The number of nitrogens with zero attached hydrogens (tertiary/aromatic N) is 1. The van der Waals surface area contributed by atoms with Gasteiger partial charge in [0.25, 0.3) is 5.91 Å². The summed E-state index contributed by atoms with van der Waals surface area (Å²) in [5.74, 6) is -0.809. The molecule has 4 rings (SSSR count). The molecule has 1 fully saturated rings. The summed E-state index contributed by atoms with van der Waals surface area (Å²) >= 11 is 0. The van der Waals surface area contributed by atoms with Gasteiger partial charge >= 0.3 is 6.09 Å². The van der Waals surface area contributed by atoms with Crippen LogP contribution in [0.4, 0.5) is 4.79 Å². The Morgan fingerprint density at radius 1 is 1.05 bits per heavy atom. The van der Waals surface area contributed by atoms with E-state index < -0.39 is 48.2 Å². The summed E-state index contributed by atoms with van der Waals surface area (Å²) in [6.07, 6.45) is 0.448. The highest BCUT2D eigenvalue weighted by molar-refractivity contribution is 6.03. The molecule has 10 heteroatoms. The minimum Gasteiger partial charge on any atom is -0.479 e. The zero-order chi connectivity index (χ0) is 29.2. The highest BCUT2D eigenvalue weighted by Crippen LogP contribution is 2.33. The van der Waals surface area contributed by atoms with Crippen LogP contribution in [0.1, 0.15) is 30.6 Å². The number of methoxy groups -OCH3 is 1. The lowest BCUT2D eigenvalue weighted by Gasteiger charge is -2.30. The van der Waals surface area contributed by atoms with E-state index in [1.807, 2.05) is 60.7 Å². The standard InChI is InChI=1S/C31H35NO9/c1-21-27(23-12-7-4-8-13-23)41-31(36)32(21)30(35)29(37-2)28-26(34)16-15-24(40-28)14-9-17-38-20-25(18-33)39-19-22-10-5-3-6-11-22/h3-8,10-16,21,25,27-29,33H,9,17-20H2,1-2H3. The SMILES string of the molecule is COC(C(=O)N1C(=O)OC(c2ccccc2)C1C)C1OC(=CCCOCC(CO)OCc2ccccc2)C=CC1=O. The number of ether oxygens (including phenoxy) is 5. The number of carbonyl (C=O) groups excluding carboxylic acids is 3. The molecule has 0 radical (unpaired) electrons. The minimum atomic E-state index is -1.36.